The van der Waals surface area contributed by atoms with Gasteiger partial charge in [-0.3, -0.25) is 4.79 Å². The van der Waals surface area contributed by atoms with Crippen molar-refractivity contribution in [1.29, 1.82) is 0 Å². The molecule has 16 heavy (non-hydrogen) atoms. The van der Waals surface area contributed by atoms with E-state index >= 15 is 0 Å². The van der Waals surface area contributed by atoms with E-state index in [-0.39, 0.29) is 5.92 Å². The van der Waals surface area contributed by atoms with Gasteiger partial charge in [-0.05, 0) is 25.5 Å². The van der Waals surface area contributed by atoms with E-state index in [4.69, 9.17) is 5.11 Å². The van der Waals surface area contributed by atoms with Crippen molar-refractivity contribution >= 4 is 11.7 Å². The first-order valence-corrected chi connectivity index (χ1v) is 5.68. The van der Waals surface area contributed by atoms with Crippen LogP contribution in [0.1, 0.15) is 20.3 Å². The maximum absolute atomic E-state index is 10.7. The van der Waals surface area contributed by atoms with Crippen LogP contribution in [0.25, 0.3) is 0 Å². The van der Waals surface area contributed by atoms with Crippen molar-refractivity contribution in [3.63, 3.8) is 0 Å². The summed E-state index contributed by atoms with van der Waals surface area (Å²) in [4.78, 5) is 12.9. The highest BCUT2D eigenvalue weighted by atomic mass is 16.4. The second-order valence-electron chi connectivity index (χ2n) is 3.94. The molecule has 1 unspecified atom stereocenters. The van der Waals surface area contributed by atoms with Gasteiger partial charge in [0.25, 0.3) is 0 Å². The Bertz CT molecular complexity index is 324. The molecule has 1 aromatic carbocycles. The molecule has 3 heteroatoms. The summed E-state index contributed by atoms with van der Waals surface area (Å²) < 4.78 is 0. The Hall–Kier alpha value is -1.51. The second-order valence-corrected chi connectivity index (χ2v) is 3.94. The molecule has 1 aromatic rings. The topological polar surface area (TPSA) is 40.5 Å². The Morgan fingerprint density at radius 1 is 1.38 bits per heavy atom. The number of carbonyl (C=O) groups is 1. The smallest absolute Gasteiger partial charge is 0.306 e. The summed E-state index contributed by atoms with van der Waals surface area (Å²) in [5.74, 6) is -0.998. The first-order valence-electron chi connectivity index (χ1n) is 5.68. The van der Waals surface area contributed by atoms with Crippen LogP contribution in [0.15, 0.2) is 30.3 Å². The standard InChI is InChI=1S/C13H19NO2/c1-3-14(10-9-11(2)13(15)16)12-7-5-4-6-8-12/h4-8,11H,3,9-10H2,1-2H3,(H,15,16). The summed E-state index contributed by atoms with van der Waals surface area (Å²) in [7, 11) is 0. The minimum absolute atomic E-state index is 0.280. The lowest BCUT2D eigenvalue weighted by atomic mass is 10.1. The molecule has 0 aliphatic carbocycles. The summed E-state index contributed by atoms with van der Waals surface area (Å²) >= 11 is 0. The van der Waals surface area contributed by atoms with Gasteiger partial charge in [-0.25, -0.2) is 0 Å². The van der Waals surface area contributed by atoms with Crippen molar-refractivity contribution in [2.75, 3.05) is 18.0 Å². The van der Waals surface area contributed by atoms with Gasteiger partial charge in [0, 0.05) is 18.8 Å². The summed E-state index contributed by atoms with van der Waals surface area (Å²) in [6.07, 6.45) is 0.679. The second kappa shape index (κ2) is 6.16. The van der Waals surface area contributed by atoms with Crippen LogP contribution in [0.5, 0.6) is 0 Å². The van der Waals surface area contributed by atoms with Crippen molar-refractivity contribution in [2.24, 2.45) is 5.92 Å². The summed E-state index contributed by atoms with van der Waals surface area (Å²) in [5, 5.41) is 8.82. The molecule has 0 heterocycles. The fourth-order valence-electron chi connectivity index (χ4n) is 1.58. The molecule has 0 amide bonds. The molecule has 88 valence electrons. The minimum atomic E-state index is -0.718. The number of para-hydroxylation sites is 1. The first-order chi connectivity index (χ1) is 7.65. The maximum Gasteiger partial charge on any atom is 0.306 e. The molecule has 1 rings (SSSR count). The molecule has 1 N–H and O–H groups in total. The zero-order chi connectivity index (χ0) is 12.0. The highest BCUT2D eigenvalue weighted by Gasteiger charge is 2.12. The lowest BCUT2D eigenvalue weighted by molar-refractivity contribution is -0.141. The minimum Gasteiger partial charge on any atom is -0.481 e. The van der Waals surface area contributed by atoms with E-state index < -0.39 is 5.97 Å². The quantitative estimate of drug-likeness (QED) is 0.802. The molecule has 0 radical (unpaired) electrons. The average Bonchev–Trinajstić information content (AvgIpc) is 2.30. The number of rotatable bonds is 6. The zero-order valence-corrected chi connectivity index (χ0v) is 9.89. The summed E-state index contributed by atoms with van der Waals surface area (Å²) in [5.41, 5.74) is 1.16. The van der Waals surface area contributed by atoms with E-state index in [9.17, 15) is 4.79 Å². The van der Waals surface area contributed by atoms with Gasteiger partial charge in [0.15, 0.2) is 0 Å². The third-order valence-corrected chi connectivity index (χ3v) is 2.76. The van der Waals surface area contributed by atoms with E-state index in [1.54, 1.807) is 6.92 Å². The number of benzene rings is 1. The molecule has 0 aliphatic rings. The van der Waals surface area contributed by atoms with E-state index in [1.165, 1.54) is 0 Å². The fourth-order valence-corrected chi connectivity index (χ4v) is 1.58. The molecular formula is C13H19NO2. The molecule has 0 bridgehead atoms. The molecule has 0 aromatic heterocycles. The van der Waals surface area contributed by atoms with Crippen LogP contribution in [0.2, 0.25) is 0 Å². The highest BCUT2D eigenvalue weighted by molar-refractivity contribution is 5.69. The van der Waals surface area contributed by atoms with Gasteiger partial charge in [0.1, 0.15) is 0 Å². The number of hydrogen-bond acceptors (Lipinski definition) is 2. The Kier molecular flexibility index (Phi) is 4.83. The third-order valence-electron chi connectivity index (χ3n) is 2.76. The Morgan fingerprint density at radius 3 is 2.50 bits per heavy atom. The van der Waals surface area contributed by atoms with Crippen LogP contribution < -0.4 is 4.90 Å². The van der Waals surface area contributed by atoms with Crippen LogP contribution in [0.4, 0.5) is 5.69 Å². The van der Waals surface area contributed by atoms with Crippen LogP contribution >= 0.6 is 0 Å². The SMILES string of the molecule is CCN(CCC(C)C(=O)O)c1ccccc1. The van der Waals surface area contributed by atoms with E-state index in [0.717, 1.165) is 18.8 Å². The molecule has 0 saturated carbocycles. The molecule has 3 nitrogen and oxygen atoms in total. The predicted molar refractivity (Wildman–Crippen MR) is 65.7 cm³/mol. The molecular weight excluding hydrogens is 202 g/mol. The van der Waals surface area contributed by atoms with Crippen molar-refractivity contribution in [3.8, 4) is 0 Å². The van der Waals surface area contributed by atoms with Crippen LogP contribution in [0, 0.1) is 5.92 Å². The van der Waals surface area contributed by atoms with Crippen molar-refractivity contribution in [1.82, 2.24) is 0 Å². The lowest BCUT2D eigenvalue weighted by Gasteiger charge is -2.23. The Morgan fingerprint density at radius 2 is 2.00 bits per heavy atom. The largest absolute Gasteiger partial charge is 0.481 e. The molecule has 0 aliphatic heterocycles. The Balaban J connectivity index is 2.53. The number of anilines is 1. The number of hydrogen-bond donors (Lipinski definition) is 1. The van der Waals surface area contributed by atoms with Gasteiger partial charge < -0.3 is 10.0 Å². The highest BCUT2D eigenvalue weighted by Crippen LogP contribution is 2.14. The lowest BCUT2D eigenvalue weighted by Crippen LogP contribution is -2.26. The fraction of sp³-hybridized carbons (Fsp3) is 0.462. The van der Waals surface area contributed by atoms with E-state index in [0.29, 0.717) is 6.42 Å². The van der Waals surface area contributed by atoms with Crippen molar-refractivity contribution < 1.29 is 9.90 Å². The van der Waals surface area contributed by atoms with Crippen molar-refractivity contribution in [3.05, 3.63) is 30.3 Å². The molecule has 1 atom stereocenters. The van der Waals surface area contributed by atoms with Crippen LogP contribution in [-0.2, 0) is 4.79 Å². The number of carboxylic acid groups (broad SMARTS) is 1. The summed E-state index contributed by atoms with van der Waals surface area (Å²) in [6.45, 7) is 5.52. The normalized spacial score (nSPS) is 12.1. The van der Waals surface area contributed by atoms with Crippen molar-refractivity contribution in [2.45, 2.75) is 20.3 Å². The molecule has 0 saturated heterocycles. The average molecular weight is 221 g/mol. The monoisotopic (exact) mass is 221 g/mol. The third kappa shape index (κ3) is 3.57. The maximum atomic E-state index is 10.7. The van der Waals surface area contributed by atoms with Gasteiger partial charge in [-0.1, -0.05) is 25.1 Å². The van der Waals surface area contributed by atoms with E-state index in [1.807, 2.05) is 18.2 Å². The van der Waals surface area contributed by atoms with Gasteiger partial charge in [0.05, 0.1) is 5.92 Å². The molecule has 0 spiro atoms. The number of aliphatic carboxylic acids is 1. The Labute approximate surface area is 96.7 Å². The number of nitrogens with zero attached hydrogens (tertiary/aromatic N) is 1. The van der Waals surface area contributed by atoms with Crippen LogP contribution in [-0.4, -0.2) is 24.2 Å². The first kappa shape index (κ1) is 12.6. The van der Waals surface area contributed by atoms with Gasteiger partial charge in [-0.15, -0.1) is 0 Å². The van der Waals surface area contributed by atoms with E-state index in [2.05, 4.69) is 24.0 Å². The van der Waals surface area contributed by atoms with Gasteiger partial charge in [-0.2, -0.15) is 0 Å². The van der Waals surface area contributed by atoms with Gasteiger partial charge in [0.2, 0.25) is 0 Å². The molecule has 0 fully saturated rings. The summed E-state index contributed by atoms with van der Waals surface area (Å²) in [6, 6.07) is 10.1. The van der Waals surface area contributed by atoms with Gasteiger partial charge >= 0.3 is 5.97 Å². The zero-order valence-electron chi connectivity index (χ0n) is 9.89. The number of carboxylic acids is 1. The predicted octanol–water partition coefficient (Wildman–Crippen LogP) is 2.62. The van der Waals surface area contributed by atoms with Crippen LogP contribution in [0.3, 0.4) is 0 Å².